The van der Waals surface area contributed by atoms with Crippen molar-refractivity contribution in [2.45, 2.75) is 18.7 Å². The second-order valence-electron chi connectivity index (χ2n) is 8.00. The van der Waals surface area contributed by atoms with Crippen molar-refractivity contribution in [3.05, 3.63) is 79.2 Å². The molecule has 3 rings (SSSR count). The van der Waals surface area contributed by atoms with Gasteiger partial charge in [-0.3, -0.25) is 9.59 Å². The Bertz CT molecular complexity index is 1610. The van der Waals surface area contributed by atoms with Gasteiger partial charge in [0.1, 0.15) is 16.5 Å². The van der Waals surface area contributed by atoms with Crippen molar-refractivity contribution in [2.75, 3.05) is 17.7 Å². The first kappa shape index (κ1) is 30.2. The van der Waals surface area contributed by atoms with Gasteiger partial charge in [0, 0.05) is 21.6 Å². The average Bonchev–Trinajstić information content (AvgIpc) is 2.85. The molecule has 3 aromatic carbocycles. The summed E-state index contributed by atoms with van der Waals surface area (Å²) in [6, 6.07) is 13.5. The maximum absolute atomic E-state index is 12.9. The number of rotatable bonds is 8. The van der Waals surface area contributed by atoms with Crippen LogP contribution in [0.25, 0.3) is 6.08 Å². The van der Waals surface area contributed by atoms with Crippen LogP contribution in [0, 0.1) is 18.3 Å². The Hall–Kier alpha value is -3.37. The standard InChI is InChI=1S/C26H20Br2ClN3O6S/c1-14-8-20(27)24(21(28)9-14)32-26(34)17(13-30)10-16-11-22(29)25(23(12-16)37-3)38-39(35,36)19-6-4-18(5-7-19)31-15(2)33/h4-12H,1-3H3,(H,31,33)(H,32,34)/b17-10+. The van der Waals surface area contributed by atoms with Crippen LogP contribution in [0.15, 0.2) is 67.9 Å². The number of benzene rings is 3. The molecule has 39 heavy (non-hydrogen) atoms. The highest BCUT2D eigenvalue weighted by Crippen LogP contribution is 2.39. The molecule has 0 aromatic heterocycles. The fourth-order valence-electron chi connectivity index (χ4n) is 3.29. The number of nitriles is 1. The molecule has 0 heterocycles. The molecule has 0 saturated carbocycles. The maximum atomic E-state index is 12.9. The number of anilines is 2. The van der Waals surface area contributed by atoms with Gasteiger partial charge in [0.2, 0.25) is 11.7 Å². The molecule has 0 atom stereocenters. The van der Waals surface area contributed by atoms with Crippen molar-refractivity contribution in [1.29, 1.82) is 5.26 Å². The summed E-state index contributed by atoms with van der Waals surface area (Å²) in [7, 11) is -3.05. The molecule has 0 saturated heterocycles. The Kier molecular flexibility index (Phi) is 9.79. The number of amides is 2. The summed E-state index contributed by atoms with van der Waals surface area (Å²) < 4.78 is 37.5. The summed E-state index contributed by atoms with van der Waals surface area (Å²) in [6.07, 6.45) is 1.28. The zero-order chi connectivity index (χ0) is 28.9. The summed E-state index contributed by atoms with van der Waals surface area (Å²) >= 11 is 13.1. The molecule has 0 bridgehead atoms. The summed E-state index contributed by atoms with van der Waals surface area (Å²) in [6.45, 7) is 3.22. The molecule has 202 valence electrons. The lowest BCUT2D eigenvalue weighted by atomic mass is 10.1. The molecule has 0 unspecified atom stereocenters. The van der Waals surface area contributed by atoms with Crippen molar-refractivity contribution < 1.29 is 26.9 Å². The number of carbonyl (C=O) groups excluding carboxylic acids is 2. The predicted octanol–water partition coefficient (Wildman–Crippen LogP) is 6.45. The van der Waals surface area contributed by atoms with Gasteiger partial charge < -0.3 is 19.6 Å². The van der Waals surface area contributed by atoms with E-state index in [-0.39, 0.29) is 38.5 Å². The van der Waals surface area contributed by atoms with Crippen LogP contribution < -0.4 is 19.6 Å². The molecule has 13 heteroatoms. The highest BCUT2D eigenvalue weighted by atomic mass is 79.9. The van der Waals surface area contributed by atoms with Crippen LogP contribution in [0.2, 0.25) is 5.02 Å². The quantitative estimate of drug-likeness (QED) is 0.157. The van der Waals surface area contributed by atoms with E-state index in [9.17, 15) is 23.3 Å². The van der Waals surface area contributed by atoms with E-state index in [1.54, 1.807) is 0 Å². The Balaban J connectivity index is 1.90. The van der Waals surface area contributed by atoms with Gasteiger partial charge in [-0.1, -0.05) is 11.6 Å². The van der Waals surface area contributed by atoms with E-state index in [0.717, 1.165) is 5.56 Å². The Morgan fingerprint density at radius 1 is 1.05 bits per heavy atom. The molecule has 0 aliphatic rings. The summed E-state index contributed by atoms with van der Waals surface area (Å²) in [5.74, 6) is -1.31. The Labute approximate surface area is 247 Å². The number of carbonyl (C=O) groups is 2. The first-order valence-corrected chi connectivity index (χ1v) is 14.3. The first-order chi connectivity index (χ1) is 18.3. The number of hydrogen-bond donors (Lipinski definition) is 2. The highest BCUT2D eigenvalue weighted by Gasteiger charge is 2.23. The van der Waals surface area contributed by atoms with Crippen molar-refractivity contribution in [3.8, 4) is 17.6 Å². The lowest BCUT2D eigenvalue weighted by Crippen LogP contribution is -2.14. The van der Waals surface area contributed by atoms with E-state index in [1.807, 2.05) is 25.1 Å². The van der Waals surface area contributed by atoms with Gasteiger partial charge in [-0.2, -0.15) is 13.7 Å². The average molecular weight is 698 g/mol. The smallest absolute Gasteiger partial charge is 0.339 e. The largest absolute Gasteiger partial charge is 0.493 e. The van der Waals surface area contributed by atoms with Crippen molar-refractivity contribution >= 4 is 82.8 Å². The first-order valence-electron chi connectivity index (χ1n) is 10.9. The Morgan fingerprint density at radius 2 is 1.67 bits per heavy atom. The normalized spacial score (nSPS) is 11.4. The third-order valence-corrected chi connectivity index (χ3v) is 7.78. The lowest BCUT2D eigenvalue weighted by Gasteiger charge is -2.14. The maximum Gasteiger partial charge on any atom is 0.339 e. The second kappa shape index (κ2) is 12.7. The van der Waals surface area contributed by atoms with Crippen LogP contribution in [-0.4, -0.2) is 27.3 Å². The molecule has 3 aromatic rings. The van der Waals surface area contributed by atoms with Gasteiger partial charge in [0.05, 0.1) is 17.8 Å². The summed E-state index contributed by atoms with van der Waals surface area (Å²) in [5.41, 5.74) is 1.85. The second-order valence-corrected chi connectivity index (χ2v) is 11.7. The fraction of sp³-hybridized carbons (Fsp3) is 0.115. The predicted molar refractivity (Wildman–Crippen MR) is 155 cm³/mol. The van der Waals surface area contributed by atoms with E-state index in [2.05, 4.69) is 42.5 Å². The lowest BCUT2D eigenvalue weighted by molar-refractivity contribution is -0.114. The van der Waals surface area contributed by atoms with Crippen LogP contribution in [0.4, 0.5) is 11.4 Å². The van der Waals surface area contributed by atoms with Crippen LogP contribution in [0.5, 0.6) is 11.5 Å². The van der Waals surface area contributed by atoms with E-state index >= 15 is 0 Å². The topological polar surface area (TPSA) is 135 Å². The number of hydrogen-bond acceptors (Lipinski definition) is 7. The molecule has 0 aliphatic heterocycles. The van der Waals surface area contributed by atoms with Gasteiger partial charge in [-0.05, 0) is 105 Å². The van der Waals surface area contributed by atoms with Gasteiger partial charge in [-0.25, -0.2) is 0 Å². The van der Waals surface area contributed by atoms with E-state index < -0.39 is 16.0 Å². The minimum Gasteiger partial charge on any atom is -0.493 e. The van der Waals surface area contributed by atoms with Gasteiger partial charge in [-0.15, -0.1) is 0 Å². The third kappa shape index (κ3) is 7.60. The molecule has 0 spiro atoms. The van der Waals surface area contributed by atoms with Crippen molar-refractivity contribution in [2.24, 2.45) is 0 Å². The molecule has 0 aliphatic carbocycles. The van der Waals surface area contributed by atoms with Gasteiger partial charge in [0.25, 0.3) is 5.91 Å². The van der Waals surface area contributed by atoms with Crippen LogP contribution in [-0.2, 0) is 19.7 Å². The monoisotopic (exact) mass is 695 g/mol. The van der Waals surface area contributed by atoms with Crippen LogP contribution >= 0.6 is 43.5 Å². The fourth-order valence-corrected chi connectivity index (χ4v) is 6.16. The molecule has 0 fully saturated rings. The minimum atomic E-state index is -4.33. The molecule has 9 nitrogen and oxygen atoms in total. The number of ether oxygens (including phenoxy) is 1. The molecule has 2 amide bonds. The minimum absolute atomic E-state index is 0.0473. The van der Waals surface area contributed by atoms with Gasteiger partial charge in [0.15, 0.2) is 5.75 Å². The number of nitrogens with zero attached hydrogens (tertiary/aromatic N) is 1. The molecule has 2 N–H and O–H groups in total. The van der Waals surface area contributed by atoms with Crippen molar-refractivity contribution in [3.63, 3.8) is 0 Å². The number of aryl methyl sites for hydroxylation is 1. The highest BCUT2D eigenvalue weighted by molar-refractivity contribution is 9.11. The van der Waals surface area contributed by atoms with Crippen LogP contribution in [0.1, 0.15) is 18.1 Å². The zero-order valence-corrected chi connectivity index (χ0v) is 25.4. The van der Waals surface area contributed by atoms with E-state index in [0.29, 0.717) is 20.3 Å². The van der Waals surface area contributed by atoms with E-state index in [4.69, 9.17) is 20.5 Å². The zero-order valence-electron chi connectivity index (χ0n) is 20.6. The van der Waals surface area contributed by atoms with Crippen molar-refractivity contribution in [1.82, 2.24) is 0 Å². The summed E-state index contributed by atoms with van der Waals surface area (Å²) in [5, 5.41) is 14.7. The molecule has 0 radical (unpaired) electrons. The third-order valence-electron chi connectivity index (χ3n) is 5.01. The number of nitrogens with one attached hydrogen (secondary N) is 2. The van der Waals surface area contributed by atoms with Crippen LogP contribution in [0.3, 0.4) is 0 Å². The SMILES string of the molecule is COc1cc(/C=C(\C#N)C(=O)Nc2c(Br)cc(C)cc2Br)cc(Cl)c1OS(=O)(=O)c1ccc(NC(C)=O)cc1. The number of methoxy groups -OCH3 is 1. The molecular formula is C26H20Br2ClN3O6S. The van der Waals surface area contributed by atoms with E-state index in [1.165, 1.54) is 56.5 Å². The Morgan fingerprint density at radius 3 is 2.21 bits per heavy atom. The van der Waals surface area contributed by atoms with Gasteiger partial charge >= 0.3 is 10.1 Å². The summed E-state index contributed by atoms with van der Waals surface area (Å²) in [4.78, 5) is 23.8. The molecular weight excluding hydrogens is 678 g/mol. The number of halogens is 3.